The van der Waals surface area contributed by atoms with Crippen LogP contribution in [0.2, 0.25) is 0 Å². The number of sulfonamides is 1. The lowest BCUT2D eigenvalue weighted by Gasteiger charge is -2.15. The van der Waals surface area contributed by atoms with Crippen molar-refractivity contribution in [2.45, 2.75) is 18.4 Å². The molecule has 0 unspecified atom stereocenters. The summed E-state index contributed by atoms with van der Waals surface area (Å²) in [4.78, 5) is -0.0297. The molecular formula is C10H15FN2O2S. The van der Waals surface area contributed by atoms with Gasteiger partial charge in [0.15, 0.2) is 0 Å². The van der Waals surface area contributed by atoms with Crippen molar-refractivity contribution in [3.05, 3.63) is 29.1 Å². The van der Waals surface area contributed by atoms with Crippen LogP contribution in [-0.2, 0) is 16.6 Å². The van der Waals surface area contributed by atoms with Gasteiger partial charge in [0.2, 0.25) is 10.0 Å². The van der Waals surface area contributed by atoms with E-state index in [9.17, 15) is 12.8 Å². The second kappa shape index (κ2) is 4.48. The highest BCUT2D eigenvalue weighted by Crippen LogP contribution is 2.22. The minimum atomic E-state index is -3.62. The molecule has 0 saturated carbocycles. The average molecular weight is 246 g/mol. The van der Waals surface area contributed by atoms with Crippen LogP contribution in [0.3, 0.4) is 0 Å². The van der Waals surface area contributed by atoms with E-state index < -0.39 is 15.8 Å². The van der Waals surface area contributed by atoms with Gasteiger partial charge in [0.25, 0.3) is 0 Å². The lowest BCUT2D eigenvalue weighted by atomic mass is 10.1. The summed E-state index contributed by atoms with van der Waals surface area (Å²) in [5, 5.41) is 0. The summed E-state index contributed by atoms with van der Waals surface area (Å²) in [5.41, 5.74) is 5.96. The van der Waals surface area contributed by atoms with E-state index >= 15 is 0 Å². The fourth-order valence-corrected chi connectivity index (χ4v) is 2.47. The number of hydrogen-bond acceptors (Lipinski definition) is 3. The quantitative estimate of drug-likeness (QED) is 0.859. The Hall–Kier alpha value is -0.980. The maximum atomic E-state index is 13.5. The van der Waals surface area contributed by atoms with Gasteiger partial charge in [0, 0.05) is 26.2 Å². The Balaban J connectivity index is 3.51. The highest BCUT2D eigenvalue weighted by Gasteiger charge is 2.22. The zero-order chi connectivity index (χ0) is 12.5. The summed E-state index contributed by atoms with van der Waals surface area (Å²) in [5.74, 6) is -0.552. The van der Waals surface area contributed by atoms with E-state index in [0.29, 0.717) is 5.56 Å². The minimum Gasteiger partial charge on any atom is -0.326 e. The molecule has 0 aliphatic carbocycles. The van der Waals surface area contributed by atoms with Gasteiger partial charge < -0.3 is 5.73 Å². The number of halogens is 1. The molecule has 16 heavy (non-hydrogen) atoms. The van der Waals surface area contributed by atoms with Gasteiger partial charge in [-0.3, -0.25) is 0 Å². The molecule has 0 bridgehead atoms. The first-order chi connectivity index (χ1) is 7.30. The number of rotatable bonds is 3. The maximum Gasteiger partial charge on any atom is 0.242 e. The molecule has 0 aromatic heterocycles. The summed E-state index contributed by atoms with van der Waals surface area (Å²) >= 11 is 0. The maximum absolute atomic E-state index is 13.5. The molecule has 0 aliphatic rings. The molecular weight excluding hydrogens is 231 g/mol. The molecule has 0 saturated heterocycles. The van der Waals surface area contributed by atoms with Gasteiger partial charge in [-0.15, -0.1) is 0 Å². The molecule has 1 aromatic carbocycles. The Morgan fingerprint density at radius 2 is 1.94 bits per heavy atom. The topological polar surface area (TPSA) is 63.4 Å². The lowest BCUT2D eigenvalue weighted by Crippen LogP contribution is -2.23. The van der Waals surface area contributed by atoms with Gasteiger partial charge in [-0.25, -0.2) is 17.1 Å². The third-order valence-electron chi connectivity index (χ3n) is 2.35. The molecule has 4 nitrogen and oxygen atoms in total. The van der Waals surface area contributed by atoms with E-state index in [-0.39, 0.29) is 17.0 Å². The molecule has 90 valence electrons. The molecule has 1 rings (SSSR count). The molecule has 0 heterocycles. The second-order valence-corrected chi connectivity index (χ2v) is 5.81. The summed E-state index contributed by atoms with van der Waals surface area (Å²) in [6, 6.07) is 2.66. The van der Waals surface area contributed by atoms with Gasteiger partial charge in [-0.2, -0.15) is 0 Å². The van der Waals surface area contributed by atoms with Crippen LogP contribution >= 0.6 is 0 Å². The van der Waals surface area contributed by atoms with E-state index in [4.69, 9.17) is 5.73 Å². The largest absolute Gasteiger partial charge is 0.326 e. The van der Waals surface area contributed by atoms with Crippen LogP contribution in [0.15, 0.2) is 17.0 Å². The lowest BCUT2D eigenvalue weighted by molar-refractivity contribution is 0.517. The van der Waals surface area contributed by atoms with Crippen LogP contribution in [-0.4, -0.2) is 26.8 Å². The number of benzene rings is 1. The monoisotopic (exact) mass is 246 g/mol. The van der Waals surface area contributed by atoms with Crippen LogP contribution in [0.4, 0.5) is 4.39 Å². The van der Waals surface area contributed by atoms with E-state index in [1.54, 1.807) is 0 Å². The van der Waals surface area contributed by atoms with Crippen molar-refractivity contribution in [2.24, 2.45) is 5.73 Å². The van der Waals surface area contributed by atoms with E-state index in [1.165, 1.54) is 33.2 Å². The predicted molar refractivity (Wildman–Crippen MR) is 59.9 cm³/mol. The third-order valence-corrected chi connectivity index (χ3v) is 4.29. The molecule has 6 heteroatoms. The standard InChI is InChI=1S/C10H15FN2O2S/c1-7-9(11)4-8(6-12)5-10(7)16(14,15)13(2)3/h4-5H,6,12H2,1-3H3. The highest BCUT2D eigenvalue weighted by atomic mass is 32.2. The third kappa shape index (κ3) is 2.23. The van der Waals surface area contributed by atoms with Crippen LogP contribution < -0.4 is 5.73 Å². The fraction of sp³-hybridized carbons (Fsp3) is 0.400. The fourth-order valence-electron chi connectivity index (χ4n) is 1.29. The van der Waals surface area contributed by atoms with Crippen molar-refractivity contribution in [2.75, 3.05) is 14.1 Å². The molecule has 0 fully saturated rings. The Kier molecular flexibility index (Phi) is 3.67. The molecule has 0 spiro atoms. The highest BCUT2D eigenvalue weighted by molar-refractivity contribution is 7.89. The summed E-state index contributed by atoms with van der Waals surface area (Å²) in [6.07, 6.45) is 0. The molecule has 0 amide bonds. The number of nitrogens with two attached hydrogens (primary N) is 1. The first-order valence-electron chi connectivity index (χ1n) is 4.72. The molecule has 0 atom stereocenters. The average Bonchev–Trinajstić information content (AvgIpc) is 2.21. The molecule has 0 aliphatic heterocycles. The van der Waals surface area contributed by atoms with Gasteiger partial charge in [0.05, 0.1) is 4.90 Å². The molecule has 0 radical (unpaired) electrons. The molecule has 1 aromatic rings. The van der Waals surface area contributed by atoms with Gasteiger partial charge in [0.1, 0.15) is 5.82 Å². The van der Waals surface area contributed by atoms with E-state index in [0.717, 1.165) is 4.31 Å². The summed E-state index contributed by atoms with van der Waals surface area (Å²) in [7, 11) is -0.816. The van der Waals surface area contributed by atoms with Gasteiger partial charge >= 0.3 is 0 Å². The van der Waals surface area contributed by atoms with Crippen LogP contribution in [0.25, 0.3) is 0 Å². The van der Waals surface area contributed by atoms with Gasteiger partial charge in [-0.05, 0) is 24.6 Å². The van der Waals surface area contributed by atoms with Crippen molar-refractivity contribution >= 4 is 10.0 Å². The smallest absolute Gasteiger partial charge is 0.242 e. The van der Waals surface area contributed by atoms with Crippen molar-refractivity contribution in [1.29, 1.82) is 0 Å². The SMILES string of the molecule is Cc1c(F)cc(CN)cc1S(=O)(=O)N(C)C. The number of hydrogen-bond donors (Lipinski definition) is 1. The summed E-state index contributed by atoms with van der Waals surface area (Å²) in [6.45, 7) is 1.54. The second-order valence-electron chi connectivity index (χ2n) is 3.69. The van der Waals surface area contributed by atoms with Crippen LogP contribution in [0.5, 0.6) is 0 Å². The zero-order valence-electron chi connectivity index (χ0n) is 9.49. The predicted octanol–water partition coefficient (Wildman–Crippen LogP) is 0.843. The van der Waals surface area contributed by atoms with E-state index in [1.807, 2.05) is 0 Å². The summed E-state index contributed by atoms with van der Waals surface area (Å²) < 4.78 is 38.3. The minimum absolute atomic E-state index is 0.0297. The normalized spacial score (nSPS) is 12.1. The first kappa shape index (κ1) is 13.1. The zero-order valence-corrected chi connectivity index (χ0v) is 10.3. The Bertz CT molecular complexity index is 498. The van der Waals surface area contributed by atoms with Crippen molar-refractivity contribution in [3.8, 4) is 0 Å². The number of nitrogens with zero attached hydrogens (tertiary/aromatic N) is 1. The first-order valence-corrected chi connectivity index (χ1v) is 6.16. The molecule has 2 N–H and O–H groups in total. The van der Waals surface area contributed by atoms with Crippen LogP contribution in [0, 0.1) is 12.7 Å². The van der Waals surface area contributed by atoms with Crippen LogP contribution in [0.1, 0.15) is 11.1 Å². The van der Waals surface area contributed by atoms with Crippen molar-refractivity contribution < 1.29 is 12.8 Å². The van der Waals surface area contributed by atoms with Crippen molar-refractivity contribution in [3.63, 3.8) is 0 Å². The Morgan fingerprint density at radius 1 is 1.38 bits per heavy atom. The van der Waals surface area contributed by atoms with E-state index in [2.05, 4.69) is 0 Å². The van der Waals surface area contributed by atoms with Gasteiger partial charge in [-0.1, -0.05) is 0 Å². The van der Waals surface area contributed by atoms with Crippen molar-refractivity contribution in [1.82, 2.24) is 4.31 Å². The Morgan fingerprint density at radius 3 is 2.38 bits per heavy atom. The Labute approximate surface area is 94.9 Å².